The van der Waals surface area contributed by atoms with Crippen molar-refractivity contribution in [2.45, 2.75) is 26.7 Å². The van der Waals surface area contributed by atoms with Crippen molar-refractivity contribution in [1.82, 2.24) is 9.47 Å². The average molecular weight is 335 g/mol. The van der Waals surface area contributed by atoms with E-state index in [9.17, 15) is 9.59 Å². The molecule has 0 aliphatic carbocycles. The summed E-state index contributed by atoms with van der Waals surface area (Å²) in [5, 5.41) is 8.88. The van der Waals surface area contributed by atoms with Crippen molar-refractivity contribution in [2.75, 3.05) is 13.1 Å². The summed E-state index contributed by atoms with van der Waals surface area (Å²) in [4.78, 5) is 27.2. The van der Waals surface area contributed by atoms with Gasteiger partial charge in [0, 0.05) is 25.0 Å². The third-order valence-electron chi connectivity index (χ3n) is 4.68. The Labute approximate surface area is 147 Å². The molecule has 0 spiro atoms. The summed E-state index contributed by atoms with van der Waals surface area (Å²) in [5.74, 6) is -0.0625. The van der Waals surface area contributed by atoms with Gasteiger partial charge < -0.3 is 4.90 Å². The first kappa shape index (κ1) is 17.0. The lowest BCUT2D eigenvalue weighted by Crippen LogP contribution is -2.51. The normalized spacial score (nSPS) is 14.3. The summed E-state index contributed by atoms with van der Waals surface area (Å²) in [6, 6.07) is 11.7. The van der Waals surface area contributed by atoms with Crippen molar-refractivity contribution in [2.24, 2.45) is 5.92 Å². The van der Waals surface area contributed by atoms with Crippen molar-refractivity contribution in [3.8, 4) is 11.8 Å². The van der Waals surface area contributed by atoms with Crippen LogP contribution in [0.25, 0.3) is 5.69 Å². The standard InChI is InChI=1S/C20H21N3O2/c1-13(2)16-5-4-6-17(9-16)23-8-7-14(3)18(20(23)25)19(24)22-11-15(10-21)12-22/h4-9,13,15H,11-12H2,1-3H3. The Morgan fingerprint density at radius 2 is 2.00 bits per heavy atom. The molecule has 2 aromatic rings. The number of carbonyl (C=O) groups excluding carboxylic acids is 1. The van der Waals surface area contributed by atoms with Crippen molar-refractivity contribution < 1.29 is 4.79 Å². The van der Waals surface area contributed by atoms with E-state index in [2.05, 4.69) is 19.9 Å². The topological polar surface area (TPSA) is 66.1 Å². The Morgan fingerprint density at radius 3 is 2.64 bits per heavy atom. The molecule has 1 aliphatic rings. The number of rotatable bonds is 3. The largest absolute Gasteiger partial charge is 0.336 e. The van der Waals surface area contributed by atoms with Crippen molar-refractivity contribution in [1.29, 1.82) is 5.26 Å². The Morgan fingerprint density at radius 1 is 1.28 bits per heavy atom. The van der Waals surface area contributed by atoms with Gasteiger partial charge in [0.25, 0.3) is 11.5 Å². The molecular formula is C20H21N3O2. The van der Waals surface area contributed by atoms with Crippen LogP contribution in [0.3, 0.4) is 0 Å². The summed E-state index contributed by atoms with van der Waals surface area (Å²) < 4.78 is 1.52. The molecule has 3 rings (SSSR count). The van der Waals surface area contributed by atoms with E-state index in [4.69, 9.17) is 5.26 Å². The van der Waals surface area contributed by atoms with Crippen LogP contribution in [0.1, 0.15) is 41.3 Å². The number of amides is 1. The molecule has 1 aromatic heterocycles. The van der Waals surface area contributed by atoms with Crippen LogP contribution in [0.2, 0.25) is 0 Å². The van der Waals surface area contributed by atoms with Gasteiger partial charge >= 0.3 is 0 Å². The SMILES string of the molecule is Cc1ccn(-c2cccc(C(C)C)c2)c(=O)c1C(=O)N1CC(C#N)C1. The van der Waals surface area contributed by atoms with Crippen LogP contribution in [-0.4, -0.2) is 28.5 Å². The molecule has 1 fully saturated rings. The van der Waals surface area contributed by atoms with Crippen LogP contribution in [0, 0.1) is 24.2 Å². The fourth-order valence-corrected chi connectivity index (χ4v) is 3.01. The number of nitrogens with zero attached hydrogens (tertiary/aromatic N) is 3. The molecular weight excluding hydrogens is 314 g/mol. The lowest BCUT2D eigenvalue weighted by Gasteiger charge is -2.35. The number of aromatic nitrogens is 1. The maximum absolute atomic E-state index is 13.0. The maximum atomic E-state index is 13.0. The third kappa shape index (κ3) is 3.08. The van der Waals surface area contributed by atoms with E-state index in [0.717, 1.165) is 11.3 Å². The predicted molar refractivity (Wildman–Crippen MR) is 95.9 cm³/mol. The minimum absolute atomic E-state index is 0.127. The number of hydrogen-bond donors (Lipinski definition) is 0. The van der Waals surface area contributed by atoms with Crippen molar-refractivity contribution in [3.05, 3.63) is 63.6 Å². The second-order valence-electron chi connectivity index (χ2n) is 6.83. The Bertz CT molecular complexity index is 915. The highest BCUT2D eigenvalue weighted by atomic mass is 16.2. The molecule has 128 valence electrons. The number of benzene rings is 1. The van der Waals surface area contributed by atoms with E-state index in [0.29, 0.717) is 24.6 Å². The smallest absolute Gasteiger partial charge is 0.268 e. The van der Waals surface area contributed by atoms with Crippen molar-refractivity contribution >= 4 is 5.91 Å². The Hall–Kier alpha value is -2.87. The molecule has 1 saturated heterocycles. The van der Waals surface area contributed by atoms with Gasteiger partial charge in [-0.25, -0.2) is 0 Å². The Kier molecular flexibility index (Phi) is 4.45. The number of carbonyl (C=O) groups is 1. The van der Waals surface area contributed by atoms with Gasteiger partial charge in [0.2, 0.25) is 0 Å². The lowest BCUT2D eigenvalue weighted by molar-refractivity contribution is 0.0574. The highest BCUT2D eigenvalue weighted by Gasteiger charge is 2.33. The summed E-state index contributed by atoms with van der Waals surface area (Å²) in [6.45, 7) is 6.76. The first-order valence-electron chi connectivity index (χ1n) is 8.44. The molecule has 0 atom stereocenters. The van der Waals surface area contributed by atoms with Gasteiger partial charge in [0.15, 0.2) is 0 Å². The fourth-order valence-electron chi connectivity index (χ4n) is 3.01. The van der Waals surface area contributed by atoms with E-state index < -0.39 is 0 Å². The first-order valence-corrected chi connectivity index (χ1v) is 8.44. The molecule has 0 saturated carbocycles. The predicted octanol–water partition coefficient (Wildman–Crippen LogP) is 2.86. The lowest BCUT2D eigenvalue weighted by atomic mass is 9.99. The highest BCUT2D eigenvalue weighted by molar-refractivity contribution is 5.95. The first-order chi connectivity index (χ1) is 11.9. The Balaban J connectivity index is 2.01. The zero-order valence-corrected chi connectivity index (χ0v) is 14.7. The fraction of sp³-hybridized carbons (Fsp3) is 0.350. The summed E-state index contributed by atoms with van der Waals surface area (Å²) in [6.07, 6.45) is 1.71. The molecule has 25 heavy (non-hydrogen) atoms. The minimum Gasteiger partial charge on any atom is -0.336 e. The molecule has 0 bridgehead atoms. The third-order valence-corrected chi connectivity index (χ3v) is 4.68. The zero-order valence-electron chi connectivity index (χ0n) is 14.7. The molecule has 0 unspecified atom stereocenters. The molecule has 1 amide bonds. The number of aryl methyl sites for hydroxylation is 1. The maximum Gasteiger partial charge on any atom is 0.268 e. The van der Waals surface area contributed by atoms with Crippen LogP contribution in [-0.2, 0) is 0 Å². The summed E-state index contributed by atoms with van der Waals surface area (Å²) >= 11 is 0. The molecule has 1 aromatic carbocycles. The van der Waals surface area contributed by atoms with Gasteiger partial charge in [-0.3, -0.25) is 14.2 Å². The number of likely N-dealkylation sites (tertiary alicyclic amines) is 1. The van der Waals surface area contributed by atoms with Crippen LogP contribution in [0.4, 0.5) is 0 Å². The highest BCUT2D eigenvalue weighted by Crippen LogP contribution is 2.20. The molecule has 0 N–H and O–H groups in total. The van der Waals surface area contributed by atoms with E-state index in [1.165, 1.54) is 4.57 Å². The molecule has 1 aliphatic heterocycles. The number of hydrogen-bond acceptors (Lipinski definition) is 3. The number of nitriles is 1. The van der Waals surface area contributed by atoms with Gasteiger partial charge in [-0.2, -0.15) is 5.26 Å². The quantitative estimate of drug-likeness (QED) is 0.866. The molecule has 5 nitrogen and oxygen atoms in total. The average Bonchev–Trinajstić information content (AvgIpc) is 2.54. The van der Waals surface area contributed by atoms with E-state index in [1.807, 2.05) is 24.3 Å². The van der Waals surface area contributed by atoms with Crippen LogP contribution in [0.5, 0.6) is 0 Å². The van der Waals surface area contributed by atoms with Crippen LogP contribution >= 0.6 is 0 Å². The van der Waals surface area contributed by atoms with Gasteiger partial charge in [-0.1, -0.05) is 26.0 Å². The second-order valence-corrected chi connectivity index (χ2v) is 6.83. The van der Waals surface area contributed by atoms with Gasteiger partial charge in [-0.15, -0.1) is 0 Å². The summed E-state index contributed by atoms with van der Waals surface area (Å²) in [5.41, 5.74) is 2.42. The van der Waals surface area contributed by atoms with E-state index in [1.54, 1.807) is 24.1 Å². The van der Waals surface area contributed by atoms with Crippen molar-refractivity contribution in [3.63, 3.8) is 0 Å². The zero-order chi connectivity index (χ0) is 18.1. The van der Waals surface area contributed by atoms with Crippen LogP contribution < -0.4 is 5.56 Å². The van der Waals surface area contributed by atoms with Gasteiger partial charge in [0.05, 0.1) is 12.0 Å². The molecule has 5 heteroatoms. The van der Waals surface area contributed by atoms with E-state index in [-0.39, 0.29) is 22.9 Å². The molecule has 2 heterocycles. The summed E-state index contributed by atoms with van der Waals surface area (Å²) in [7, 11) is 0. The number of pyridine rings is 1. The van der Waals surface area contributed by atoms with Gasteiger partial charge in [-0.05, 0) is 42.2 Å². The molecule has 0 radical (unpaired) electrons. The van der Waals surface area contributed by atoms with Crippen LogP contribution in [0.15, 0.2) is 41.3 Å². The van der Waals surface area contributed by atoms with E-state index >= 15 is 0 Å². The second kappa shape index (κ2) is 6.56. The minimum atomic E-state index is -0.314. The monoisotopic (exact) mass is 335 g/mol. The van der Waals surface area contributed by atoms with Gasteiger partial charge in [0.1, 0.15) is 5.56 Å².